The Morgan fingerprint density at radius 3 is 1.54 bits per heavy atom. The van der Waals surface area contributed by atoms with Crippen LogP contribution in [0.4, 0.5) is 13.2 Å². The number of halogens is 3. The fourth-order valence-corrected chi connectivity index (χ4v) is 6.64. The quantitative estimate of drug-likeness (QED) is 0.0877. The molecule has 68 heavy (non-hydrogen) atoms. The van der Waals surface area contributed by atoms with Crippen LogP contribution in [0.1, 0.15) is 28.5 Å². The van der Waals surface area contributed by atoms with E-state index in [-0.39, 0.29) is 25.8 Å². The summed E-state index contributed by atoms with van der Waals surface area (Å²) < 4.78 is 82.0. The first-order valence-corrected chi connectivity index (χ1v) is 20.4. The number of hydrogen-bond donors (Lipinski definition) is 0. The summed E-state index contributed by atoms with van der Waals surface area (Å²) in [5.74, 6) is 4.96. The van der Waals surface area contributed by atoms with Gasteiger partial charge in [0.25, 0.3) is 12.7 Å². The van der Waals surface area contributed by atoms with Crippen LogP contribution in [0.2, 0.25) is 0 Å². The molecule has 18 heteroatoms. The van der Waals surface area contributed by atoms with Crippen molar-refractivity contribution < 1.29 is 75.6 Å². The number of rotatable bonds is 12. The van der Waals surface area contributed by atoms with Crippen molar-refractivity contribution in [2.75, 3.05) is 49.8 Å². The standard InChI is InChI=1S/C21H23N2O4.C20H21N2O3.C9H5F3N3.Ir/c1-14-15(2)23(19-10-8-17(25-4)12-21(19)27-6)13-22(14)18-9-7-16(24-3)11-20(18)26-5;1-14-15(2)22(19-11-10-18(24-4)12-20(19)25-5)13-21(14)16-6-8-17(23-3)9-7-16;10-9(11,12)8-5-7(14-15-8)6-3-1-2-4-13-6;/h7-9,11-12H,1-6H3;6-10,12H,1-5H3;1-5H;/q3*-1;. The number of ether oxygens (including phenoxy) is 7. The van der Waals surface area contributed by atoms with Gasteiger partial charge in [0, 0.05) is 72.4 Å². The van der Waals surface area contributed by atoms with Crippen LogP contribution in [-0.4, -0.2) is 69.0 Å². The van der Waals surface area contributed by atoms with E-state index in [9.17, 15) is 13.2 Å². The predicted octanol–water partition coefficient (Wildman–Crippen LogP) is 8.12. The largest absolute Gasteiger partial charge is 0.573 e. The molecule has 0 atom stereocenters. The summed E-state index contributed by atoms with van der Waals surface area (Å²) in [6.45, 7) is 8.16. The molecule has 0 fully saturated rings. The molecule has 0 aliphatic rings. The fourth-order valence-electron chi connectivity index (χ4n) is 6.64. The first-order chi connectivity index (χ1) is 32.2. The maximum Gasteiger partial charge on any atom is 0.431 e. The average Bonchev–Trinajstić information content (AvgIpc) is 4.07. The van der Waals surface area contributed by atoms with Crippen molar-refractivity contribution in [2.45, 2.75) is 33.9 Å². The van der Waals surface area contributed by atoms with Crippen LogP contribution in [0.25, 0.3) is 34.1 Å². The van der Waals surface area contributed by atoms with Gasteiger partial charge in [-0.2, -0.15) is 25.3 Å². The Morgan fingerprint density at radius 2 is 1.07 bits per heavy atom. The number of nitrogens with zero attached hydrogens (tertiary/aromatic N) is 7. The van der Waals surface area contributed by atoms with Crippen molar-refractivity contribution in [1.29, 1.82) is 0 Å². The Balaban J connectivity index is 0.000000196. The minimum atomic E-state index is -4.46. The molecule has 14 nitrogen and oxygen atoms in total. The molecular formula is C50H49F3IrN7O7-3. The maximum atomic E-state index is 12.2. The SMILES string of the molecule is COc1c[c-]c(-n2[c-][n+](-c3ccc(OC)cc3OC)c(C)c2C)c(OC)c1.COc1ccc(-[n+]2[c-]n(-c3[c-]cc(OC)cc3OC)c(C)c2C)cc1.FC(F)(F)c1cc(-c2ccccn2)[n-]n1.[Ir]. The predicted molar refractivity (Wildman–Crippen MR) is 241 cm³/mol. The smallest absolute Gasteiger partial charge is 0.431 e. The molecule has 0 aliphatic carbocycles. The van der Waals surface area contributed by atoms with E-state index < -0.39 is 11.9 Å². The molecule has 1 radical (unpaired) electrons. The first-order valence-electron chi connectivity index (χ1n) is 20.4. The Bertz CT molecular complexity index is 2840. The Kier molecular flexibility index (Phi) is 17.4. The van der Waals surface area contributed by atoms with Gasteiger partial charge in [-0.3, -0.25) is 14.1 Å². The van der Waals surface area contributed by atoms with Crippen molar-refractivity contribution in [3.05, 3.63) is 150 Å². The van der Waals surface area contributed by atoms with Crippen molar-refractivity contribution in [3.63, 3.8) is 0 Å². The minimum Gasteiger partial charge on any atom is -0.573 e. The number of pyridine rings is 1. The van der Waals surface area contributed by atoms with Gasteiger partial charge in [0.2, 0.25) is 0 Å². The number of hydrogen-bond acceptors (Lipinski definition) is 9. The normalized spacial score (nSPS) is 10.7. The van der Waals surface area contributed by atoms with E-state index in [1.807, 2.05) is 93.6 Å². The Morgan fingerprint density at radius 1 is 0.574 bits per heavy atom. The molecular weight excluding hydrogens is 1060 g/mol. The number of methoxy groups -OCH3 is 7. The number of alkyl halides is 3. The second-order valence-corrected chi connectivity index (χ2v) is 14.4. The van der Waals surface area contributed by atoms with Gasteiger partial charge in [-0.1, -0.05) is 23.9 Å². The third-order valence-corrected chi connectivity index (χ3v) is 10.6. The Hall–Kier alpha value is -7.30. The fraction of sp³-hybridized carbons (Fsp3) is 0.240. The molecule has 0 amide bonds. The summed E-state index contributed by atoms with van der Waals surface area (Å²) in [7, 11) is 11.4. The van der Waals surface area contributed by atoms with Gasteiger partial charge in [0.05, 0.1) is 66.8 Å². The zero-order valence-electron chi connectivity index (χ0n) is 39.2. The van der Waals surface area contributed by atoms with Crippen LogP contribution >= 0.6 is 0 Å². The van der Waals surface area contributed by atoms with Crippen LogP contribution in [0, 0.1) is 52.5 Å². The van der Waals surface area contributed by atoms with Gasteiger partial charge in [-0.15, -0.1) is 12.1 Å². The molecule has 359 valence electrons. The van der Waals surface area contributed by atoms with Crippen LogP contribution in [-0.2, 0) is 26.3 Å². The second-order valence-electron chi connectivity index (χ2n) is 14.4. The van der Waals surface area contributed by atoms with Crippen LogP contribution in [0.15, 0.2) is 97.2 Å². The maximum absolute atomic E-state index is 12.2. The average molecular weight is 1110 g/mol. The van der Waals surface area contributed by atoms with Crippen molar-refractivity contribution in [3.8, 4) is 74.4 Å². The minimum absolute atomic E-state index is 0. The third kappa shape index (κ3) is 11.4. The Labute approximate surface area is 406 Å². The van der Waals surface area contributed by atoms with E-state index in [4.69, 9.17) is 33.2 Å². The molecule has 0 aliphatic heterocycles. The van der Waals surface area contributed by atoms with Gasteiger partial charge < -0.3 is 52.5 Å². The van der Waals surface area contributed by atoms with Gasteiger partial charge in [0.1, 0.15) is 28.6 Å². The molecule has 8 aromatic rings. The molecule has 4 aromatic heterocycles. The van der Waals surface area contributed by atoms with Crippen molar-refractivity contribution in [2.24, 2.45) is 0 Å². The van der Waals surface area contributed by atoms with E-state index in [2.05, 4.69) is 46.9 Å². The molecule has 4 aromatic carbocycles. The van der Waals surface area contributed by atoms with E-state index in [1.165, 1.54) is 6.20 Å². The van der Waals surface area contributed by atoms with Crippen LogP contribution in [0.3, 0.4) is 0 Å². The molecule has 0 saturated carbocycles. The summed E-state index contributed by atoms with van der Waals surface area (Å²) >= 11 is 0. The first kappa shape index (κ1) is 51.7. The molecule has 4 heterocycles. The summed E-state index contributed by atoms with van der Waals surface area (Å²) in [5.41, 5.74) is 7.08. The summed E-state index contributed by atoms with van der Waals surface area (Å²) in [4.78, 5) is 3.87. The van der Waals surface area contributed by atoms with E-state index in [0.29, 0.717) is 34.4 Å². The summed E-state index contributed by atoms with van der Waals surface area (Å²) in [6, 6.07) is 33.0. The van der Waals surface area contributed by atoms with Crippen LogP contribution in [0.5, 0.6) is 40.2 Å². The van der Waals surface area contributed by atoms with Gasteiger partial charge >= 0.3 is 6.18 Å². The number of imidazole rings is 2. The summed E-state index contributed by atoms with van der Waals surface area (Å²) in [5, 5.41) is 6.47. The van der Waals surface area contributed by atoms with Gasteiger partial charge in [0.15, 0.2) is 0 Å². The van der Waals surface area contributed by atoms with Gasteiger partial charge in [-0.25, -0.2) is 0 Å². The van der Waals surface area contributed by atoms with E-state index >= 15 is 0 Å². The molecule has 0 saturated heterocycles. The van der Waals surface area contributed by atoms with E-state index in [1.54, 1.807) is 80.1 Å². The molecule has 0 unspecified atom stereocenters. The zero-order valence-corrected chi connectivity index (χ0v) is 41.6. The molecule has 0 spiro atoms. The van der Waals surface area contributed by atoms with Gasteiger partial charge in [-0.05, 0) is 93.7 Å². The molecule has 0 N–H and O–H groups in total. The molecule has 0 bridgehead atoms. The van der Waals surface area contributed by atoms with Crippen molar-refractivity contribution in [1.82, 2.24) is 24.3 Å². The molecule has 8 rings (SSSR count). The second kappa shape index (κ2) is 22.9. The topological polar surface area (TPSA) is 122 Å². The number of benzene rings is 4. The third-order valence-electron chi connectivity index (χ3n) is 10.6. The number of aromatic nitrogens is 7. The van der Waals surface area contributed by atoms with Crippen molar-refractivity contribution >= 4 is 0 Å². The zero-order chi connectivity index (χ0) is 48.4. The monoisotopic (exact) mass is 1110 g/mol. The van der Waals surface area contributed by atoms with Crippen LogP contribution < -0.4 is 47.4 Å². The van der Waals surface area contributed by atoms with E-state index in [0.717, 1.165) is 63.1 Å². The summed E-state index contributed by atoms with van der Waals surface area (Å²) in [6.07, 6.45) is 3.76.